The molecular weight excluding hydrogens is 234 g/mol. The molecule has 0 aliphatic carbocycles. The largest absolute Gasteiger partial charge is 0.497 e. The van der Waals surface area contributed by atoms with Crippen molar-refractivity contribution < 1.29 is 14.4 Å². The van der Waals surface area contributed by atoms with Crippen molar-refractivity contribution in [3.63, 3.8) is 0 Å². The maximum Gasteiger partial charge on any atom is 0.273 e. The lowest BCUT2D eigenvalue weighted by atomic mass is 10.3. The molecule has 5 heteroatoms. The quantitative estimate of drug-likeness (QED) is 0.611. The summed E-state index contributed by atoms with van der Waals surface area (Å²) in [5.74, 6) is 1.74. The highest BCUT2D eigenvalue weighted by Crippen LogP contribution is 2.26. The van der Waals surface area contributed by atoms with Crippen LogP contribution in [0.15, 0.2) is 48.5 Å². The molecule has 2 aromatic carbocycles. The third kappa shape index (κ3) is 2.76. The van der Waals surface area contributed by atoms with E-state index in [1.807, 2.05) is 0 Å². The first-order chi connectivity index (χ1) is 8.69. The minimum atomic E-state index is -0.457. The van der Waals surface area contributed by atoms with Crippen molar-refractivity contribution in [2.24, 2.45) is 0 Å². The van der Waals surface area contributed by atoms with Gasteiger partial charge in [-0.05, 0) is 30.3 Å². The summed E-state index contributed by atoms with van der Waals surface area (Å²) in [6.45, 7) is 0. The van der Waals surface area contributed by atoms with Crippen molar-refractivity contribution in [1.29, 1.82) is 0 Å². The number of methoxy groups -OCH3 is 1. The summed E-state index contributed by atoms with van der Waals surface area (Å²) < 4.78 is 10.5. The number of non-ortho nitro benzene ring substituents is 1. The fourth-order valence-corrected chi connectivity index (χ4v) is 1.44. The Bertz CT molecular complexity index is 551. The van der Waals surface area contributed by atoms with Crippen molar-refractivity contribution in [2.75, 3.05) is 7.11 Å². The highest BCUT2D eigenvalue weighted by atomic mass is 16.6. The maximum atomic E-state index is 10.6. The molecule has 0 spiro atoms. The number of hydrogen-bond donors (Lipinski definition) is 0. The van der Waals surface area contributed by atoms with Crippen molar-refractivity contribution in [3.8, 4) is 17.2 Å². The summed E-state index contributed by atoms with van der Waals surface area (Å²) in [5.41, 5.74) is 0.000937. The molecule has 0 saturated heterocycles. The van der Waals surface area contributed by atoms with Crippen LogP contribution in [-0.2, 0) is 0 Å². The van der Waals surface area contributed by atoms with Crippen LogP contribution in [-0.4, -0.2) is 12.0 Å². The normalized spacial score (nSPS) is 9.83. The van der Waals surface area contributed by atoms with Gasteiger partial charge in [0.2, 0.25) is 0 Å². The van der Waals surface area contributed by atoms with Crippen LogP contribution in [0.3, 0.4) is 0 Å². The highest BCUT2D eigenvalue weighted by molar-refractivity contribution is 5.41. The molecule has 92 valence electrons. The monoisotopic (exact) mass is 245 g/mol. The summed E-state index contributed by atoms with van der Waals surface area (Å²) in [6.07, 6.45) is 0. The Labute approximate surface area is 104 Å². The van der Waals surface area contributed by atoms with E-state index in [2.05, 4.69) is 0 Å². The van der Waals surface area contributed by atoms with Gasteiger partial charge in [0.25, 0.3) is 5.69 Å². The number of hydrogen-bond acceptors (Lipinski definition) is 4. The van der Waals surface area contributed by atoms with Gasteiger partial charge in [0.15, 0.2) is 0 Å². The third-order valence-electron chi connectivity index (χ3n) is 2.32. The zero-order valence-electron chi connectivity index (χ0n) is 9.70. The first kappa shape index (κ1) is 11.9. The average Bonchev–Trinajstić information content (AvgIpc) is 2.40. The zero-order chi connectivity index (χ0) is 13.0. The van der Waals surface area contributed by atoms with Crippen LogP contribution in [0, 0.1) is 10.1 Å². The van der Waals surface area contributed by atoms with E-state index in [1.165, 1.54) is 12.1 Å². The molecule has 0 heterocycles. The van der Waals surface area contributed by atoms with Crippen molar-refractivity contribution in [3.05, 3.63) is 58.6 Å². The highest BCUT2D eigenvalue weighted by Gasteiger charge is 2.06. The van der Waals surface area contributed by atoms with E-state index in [0.717, 1.165) is 5.75 Å². The van der Waals surface area contributed by atoms with Gasteiger partial charge in [0.1, 0.15) is 17.2 Å². The lowest BCUT2D eigenvalue weighted by molar-refractivity contribution is -0.384. The van der Waals surface area contributed by atoms with Crippen molar-refractivity contribution in [2.45, 2.75) is 0 Å². The van der Waals surface area contributed by atoms with E-state index in [0.29, 0.717) is 11.5 Å². The summed E-state index contributed by atoms with van der Waals surface area (Å²) in [7, 11) is 1.58. The van der Waals surface area contributed by atoms with Gasteiger partial charge in [-0.3, -0.25) is 10.1 Å². The fourth-order valence-electron chi connectivity index (χ4n) is 1.44. The molecule has 0 saturated carbocycles. The van der Waals surface area contributed by atoms with Gasteiger partial charge < -0.3 is 9.47 Å². The third-order valence-corrected chi connectivity index (χ3v) is 2.32. The molecule has 5 nitrogen and oxygen atoms in total. The molecule has 0 bridgehead atoms. The predicted molar refractivity (Wildman–Crippen MR) is 66.2 cm³/mol. The summed E-state index contributed by atoms with van der Waals surface area (Å²) in [5, 5.41) is 10.6. The average molecular weight is 245 g/mol. The number of nitro benzene ring substituents is 1. The van der Waals surface area contributed by atoms with Crippen LogP contribution < -0.4 is 9.47 Å². The topological polar surface area (TPSA) is 61.6 Å². The second-order valence-corrected chi connectivity index (χ2v) is 3.53. The van der Waals surface area contributed by atoms with E-state index in [4.69, 9.17) is 9.47 Å². The Hall–Kier alpha value is -2.56. The fraction of sp³-hybridized carbons (Fsp3) is 0.0769. The molecule has 2 aromatic rings. The Kier molecular flexibility index (Phi) is 3.43. The SMILES string of the molecule is COc1ccc(Oc2cccc([N+](=O)[O-])c2)cc1. The van der Waals surface area contributed by atoms with E-state index in [9.17, 15) is 10.1 Å². The predicted octanol–water partition coefficient (Wildman–Crippen LogP) is 3.40. The summed E-state index contributed by atoms with van der Waals surface area (Å²) in [4.78, 5) is 10.2. The summed E-state index contributed by atoms with van der Waals surface area (Å²) >= 11 is 0. The standard InChI is InChI=1S/C13H11NO4/c1-17-11-5-7-12(8-6-11)18-13-4-2-3-10(9-13)14(15)16/h2-9H,1H3. The van der Waals surface area contributed by atoms with Gasteiger partial charge in [0.05, 0.1) is 18.1 Å². The second kappa shape index (κ2) is 5.18. The molecule has 18 heavy (non-hydrogen) atoms. The number of nitro groups is 1. The van der Waals surface area contributed by atoms with E-state index in [-0.39, 0.29) is 5.69 Å². The molecule has 0 unspecified atom stereocenters. The van der Waals surface area contributed by atoms with Gasteiger partial charge in [-0.25, -0.2) is 0 Å². The van der Waals surface area contributed by atoms with Crippen LogP contribution in [0.5, 0.6) is 17.2 Å². The second-order valence-electron chi connectivity index (χ2n) is 3.53. The first-order valence-electron chi connectivity index (χ1n) is 5.25. The molecule has 0 fully saturated rings. The Morgan fingerprint density at radius 1 is 1.00 bits per heavy atom. The van der Waals surface area contributed by atoms with Gasteiger partial charge in [-0.2, -0.15) is 0 Å². The van der Waals surface area contributed by atoms with Crippen molar-refractivity contribution >= 4 is 5.69 Å². The molecular formula is C13H11NO4. The minimum Gasteiger partial charge on any atom is -0.497 e. The van der Waals surface area contributed by atoms with Gasteiger partial charge in [0, 0.05) is 6.07 Å². The maximum absolute atomic E-state index is 10.6. The van der Waals surface area contributed by atoms with Crippen LogP contribution >= 0.6 is 0 Å². The smallest absolute Gasteiger partial charge is 0.273 e. The van der Waals surface area contributed by atoms with Crippen LogP contribution in [0.2, 0.25) is 0 Å². The van der Waals surface area contributed by atoms with E-state index < -0.39 is 4.92 Å². The first-order valence-corrected chi connectivity index (χ1v) is 5.25. The Balaban J connectivity index is 2.17. The van der Waals surface area contributed by atoms with Crippen LogP contribution in [0.25, 0.3) is 0 Å². The number of nitrogens with zero attached hydrogens (tertiary/aromatic N) is 1. The zero-order valence-corrected chi connectivity index (χ0v) is 9.70. The number of ether oxygens (including phenoxy) is 2. The molecule has 0 radical (unpaired) electrons. The van der Waals surface area contributed by atoms with Crippen LogP contribution in [0.1, 0.15) is 0 Å². The molecule has 0 aliphatic rings. The molecule has 0 atom stereocenters. The van der Waals surface area contributed by atoms with E-state index in [1.54, 1.807) is 43.5 Å². The molecule has 0 N–H and O–H groups in total. The Morgan fingerprint density at radius 3 is 2.28 bits per heavy atom. The summed E-state index contributed by atoms with van der Waals surface area (Å²) in [6, 6.07) is 13.0. The van der Waals surface area contributed by atoms with Crippen LogP contribution in [0.4, 0.5) is 5.69 Å². The Morgan fingerprint density at radius 2 is 1.67 bits per heavy atom. The number of rotatable bonds is 4. The lowest BCUT2D eigenvalue weighted by Crippen LogP contribution is -1.89. The van der Waals surface area contributed by atoms with Gasteiger partial charge >= 0.3 is 0 Å². The van der Waals surface area contributed by atoms with E-state index >= 15 is 0 Å². The molecule has 0 aliphatic heterocycles. The molecule has 0 amide bonds. The minimum absolute atomic E-state index is 0.000937. The molecule has 2 rings (SSSR count). The van der Waals surface area contributed by atoms with Gasteiger partial charge in [-0.15, -0.1) is 0 Å². The van der Waals surface area contributed by atoms with Crippen molar-refractivity contribution in [1.82, 2.24) is 0 Å². The molecule has 0 aromatic heterocycles. The van der Waals surface area contributed by atoms with Gasteiger partial charge in [-0.1, -0.05) is 6.07 Å². The lowest BCUT2D eigenvalue weighted by Gasteiger charge is -2.06. The number of benzene rings is 2.